The number of hydrogen-bond donors (Lipinski definition) is 0. The maximum Gasteiger partial charge on any atom is 0.225 e. The molecule has 1 aromatic carbocycles. The van der Waals surface area contributed by atoms with Crippen LogP contribution in [0.3, 0.4) is 0 Å². The normalized spacial score (nSPS) is 22.3. The molecule has 4 rings (SSSR count). The zero-order valence-corrected chi connectivity index (χ0v) is 18.6. The fourth-order valence-corrected chi connectivity index (χ4v) is 5.05. The highest BCUT2D eigenvalue weighted by Crippen LogP contribution is 2.48. The second-order valence-corrected chi connectivity index (χ2v) is 10.7. The number of sulfone groups is 1. The number of aryl methyl sites for hydroxylation is 1. The summed E-state index contributed by atoms with van der Waals surface area (Å²) in [6, 6.07) is 6.99. The lowest BCUT2D eigenvalue weighted by molar-refractivity contribution is 0.104. The van der Waals surface area contributed by atoms with Crippen molar-refractivity contribution >= 4 is 15.8 Å². The second-order valence-electron chi connectivity index (χ2n) is 8.66. The van der Waals surface area contributed by atoms with E-state index >= 15 is 0 Å². The maximum atomic E-state index is 11.5. The molecule has 30 heavy (non-hydrogen) atoms. The quantitative estimate of drug-likeness (QED) is 0.639. The Morgan fingerprint density at radius 2 is 1.73 bits per heavy atom. The Balaban J connectivity index is 1.17. The number of rotatable bonds is 8. The molecule has 1 aromatic heterocycles. The predicted molar refractivity (Wildman–Crippen MR) is 117 cm³/mol. The molecule has 2 aromatic rings. The van der Waals surface area contributed by atoms with E-state index in [2.05, 4.69) is 21.8 Å². The largest absolute Gasteiger partial charge is 0.376 e. The molecule has 2 heterocycles. The van der Waals surface area contributed by atoms with E-state index in [0.717, 1.165) is 49.5 Å². The SMILES string of the molecule is CCc1cnc(N2CCC([C@H]3C[C@H]3COCc3ccc(S(C)(=O)=O)cc3)CC2)nc1. The van der Waals surface area contributed by atoms with Crippen LogP contribution in [0.5, 0.6) is 0 Å². The molecule has 0 bridgehead atoms. The van der Waals surface area contributed by atoms with Crippen molar-refractivity contribution < 1.29 is 13.2 Å². The lowest BCUT2D eigenvalue weighted by Crippen LogP contribution is -2.35. The number of hydrogen-bond acceptors (Lipinski definition) is 6. The molecule has 162 valence electrons. The van der Waals surface area contributed by atoms with E-state index in [0.29, 0.717) is 17.4 Å². The Hall–Kier alpha value is -1.99. The first-order valence-corrected chi connectivity index (χ1v) is 12.8. The van der Waals surface area contributed by atoms with Gasteiger partial charge in [0.25, 0.3) is 0 Å². The van der Waals surface area contributed by atoms with Gasteiger partial charge in [0, 0.05) is 31.7 Å². The Bertz CT molecular complexity index is 937. The monoisotopic (exact) mass is 429 g/mol. The topological polar surface area (TPSA) is 72.4 Å². The van der Waals surface area contributed by atoms with Crippen LogP contribution in [0.4, 0.5) is 5.95 Å². The fourth-order valence-electron chi connectivity index (χ4n) is 4.42. The van der Waals surface area contributed by atoms with E-state index in [-0.39, 0.29) is 0 Å². The standard InChI is InChI=1S/C23H31N3O3S/c1-3-17-13-24-23(25-14-17)26-10-8-19(9-11-26)22-12-20(22)16-29-15-18-4-6-21(7-5-18)30(2,27)28/h4-7,13-14,19-20,22H,3,8-12,15-16H2,1-2H3/t20-,22+/m0/s1. The minimum atomic E-state index is -3.14. The number of benzene rings is 1. The predicted octanol–water partition coefficient (Wildman–Crippen LogP) is 3.51. The summed E-state index contributed by atoms with van der Waals surface area (Å²) in [6.07, 6.45) is 9.75. The van der Waals surface area contributed by atoms with Gasteiger partial charge in [0.15, 0.2) is 9.84 Å². The van der Waals surface area contributed by atoms with Crippen LogP contribution in [-0.2, 0) is 27.6 Å². The van der Waals surface area contributed by atoms with Gasteiger partial charge in [-0.15, -0.1) is 0 Å². The first kappa shape index (κ1) is 21.2. The zero-order valence-electron chi connectivity index (χ0n) is 17.8. The lowest BCUT2D eigenvalue weighted by atomic mass is 9.91. The number of piperidine rings is 1. The Labute approximate surface area is 179 Å². The average molecular weight is 430 g/mol. The van der Waals surface area contributed by atoms with Crippen LogP contribution in [0.2, 0.25) is 0 Å². The first-order chi connectivity index (χ1) is 14.4. The minimum absolute atomic E-state index is 0.353. The molecular formula is C23H31N3O3S. The van der Waals surface area contributed by atoms with E-state index in [1.807, 2.05) is 24.5 Å². The highest BCUT2D eigenvalue weighted by molar-refractivity contribution is 7.90. The van der Waals surface area contributed by atoms with Crippen LogP contribution in [0.1, 0.15) is 37.3 Å². The number of anilines is 1. The van der Waals surface area contributed by atoms with Crippen LogP contribution < -0.4 is 4.90 Å². The van der Waals surface area contributed by atoms with Gasteiger partial charge in [-0.05, 0) is 66.7 Å². The summed E-state index contributed by atoms with van der Waals surface area (Å²) in [6.45, 7) is 5.52. The molecule has 1 saturated carbocycles. The second kappa shape index (κ2) is 9.02. The molecule has 0 N–H and O–H groups in total. The molecule has 1 saturated heterocycles. The van der Waals surface area contributed by atoms with Gasteiger partial charge in [-0.1, -0.05) is 19.1 Å². The minimum Gasteiger partial charge on any atom is -0.376 e. The highest BCUT2D eigenvalue weighted by Gasteiger charge is 2.43. The number of nitrogens with zero attached hydrogens (tertiary/aromatic N) is 3. The van der Waals surface area contributed by atoms with E-state index in [1.165, 1.54) is 31.1 Å². The first-order valence-electron chi connectivity index (χ1n) is 10.9. The summed E-state index contributed by atoms with van der Waals surface area (Å²) < 4.78 is 29.0. The molecule has 0 unspecified atom stereocenters. The molecule has 0 spiro atoms. The molecule has 1 aliphatic heterocycles. The zero-order chi connectivity index (χ0) is 21.1. The maximum absolute atomic E-state index is 11.5. The molecule has 0 radical (unpaired) electrons. The molecule has 2 aliphatic rings. The average Bonchev–Trinajstić information content (AvgIpc) is 3.53. The Kier molecular flexibility index (Phi) is 6.39. The van der Waals surface area contributed by atoms with Crippen molar-refractivity contribution in [2.45, 2.75) is 44.1 Å². The summed E-state index contributed by atoms with van der Waals surface area (Å²) in [7, 11) is -3.14. The van der Waals surface area contributed by atoms with E-state index in [9.17, 15) is 8.42 Å². The highest BCUT2D eigenvalue weighted by atomic mass is 32.2. The van der Waals surface area contributed by atoms with Crippen LogP contribution in [0, 0.1) is 17.8 Å². The third-order valence-corrected chi connectivity index (χ3v) is 7.59. The van der Waals surface area contributed by atoms with Crippen molar-refractivity contribution in [3.63, 3.8) is 0 Å². The van der Waals surface area contributed by atoms with E-state index < -0.39 is 9.84 Å². The molecule has 2 atom stereocenters. The van der Waals surface area contributed by atoms with Crippen molar-refractivity contribution in [1.82, 2.24) is 9.97 Å². The van der Waals surface area contributed by atoms with Gasteiger partial charge in [-0.3, -0.25) is 0 Å². The van der Waals surface area contributed by atoms with E-state index in [4.69, 9.17) is 4.74 Å². The Morgan fingerprint density at radius 1 is 1.07 bits per heavy atom. The van der Waals surface area contributed by atoms with Crippen LogP contribution in [-0.4, -0.2) is 44.3 Å². The fraction of sp³-hybridized carbons (Fsp3) is 0.565. The summed E-state index contributed by atoms with van der Waals surface area (Å²) in [5.41, 5.74) is 2.20. The summed E-state index contributed by atoms with van der Waals surface area (Å²) in [4.78, 5) is 11.7. The van der Waals surface area contributed by atoms with Crippen molar-refractivity contribution in [3.8, 4) is 0 Å². The number of aromatic nitrogens is 2. The molecule has 6 nitrogen and oxygen atoms in total. The molecule has 2 fully saturated rings. The van der Waals surface area contributed by atoms with Gasteiger partial charge < -0.3 is 9.64 Å². The van der Waals surface area contributed by atoms with Crippen LogP contribution in [0.25, 0.3) is 0 Å². The third kappa shape index (κ3) is 5.19. The van der Waals surface area contributed by atoms with Gasteiger partial charge in [0.2, 0.25) is 5.95 Å². The van der Waals surface area contributed by atoms with E-state index in [1.54, 1.807) is 12.1 Å². The molecule has 0 amide bonds. The van der Waals surface area contributed by atoms with Crippen LogP contribution in [0.15, 0.2) is 41.6 Å². The molecule has 1 aliphatic carbocycles. The van der Waals surface area contributed by atoms with Crippen molar-refractivity contribution in [2.75, 3.05) is 30.9 Å². The summed E-state index contributed by atoms with van der Waals surface area (Å²) in [5, 5.41) is 0. The van der Waals surface area contributed by atoms with Crippen molar-refractivity contribution in [3.05, 3.63) is 47.8 Å². The third-order valence-electron chi connectivity index (χ3n) is 6.46. The number of ether oxygens (including phenoxy) is 1. The smallest absolute Gasteiger partial charge is 0.225 e. The lowest BCUT2D eigenvalue weighted by Gasteiger charge is -2.32. The summed E-state index contributed by atoms with van der Waals surface area (Å²) in [5.74, 6) is 3.09. The van der Waals surface area contributed by atoms with Crippen molar-refractivity contribution in [2.24, 2.45) is 17.8 Å². The Morgan fingerprint density at radius 3 is 2.33 bits per heavy atom. The van der Waals surface area contributed by atoms with Gasteiger partial charge in [0.1, 0.15) is 0 Å². The molecular weight excluding hydrogens is 398 g/mol. The molecule has 7 heteroatoms. The van der Waals surface area contributed by atoms with Gasteiger partial charge in [-0.2, -0.15) is 0 Å². The summed E-state index contributed by atoms with van der Waals surface area (Å²) >= 11 is 0. The van der Waals surface area contributed by atoms with Crippen LogP contribution >= 0.6 is 0 Å². The van der Waals surface area contributed by atoms with Gasteiger partial charge >= 0.3 is 0 Å². The van der Waals surface area contributed by atoms with Gasteiger partial charge in [-0.25, -0.2) is 18.4 Å². The van der Waals surface area contributed by atoms with Gasteiger partial charge in [0.05, 0.1) is 18.1 Å². The van der Waals surface area contributed by atoms with Crippen molar-refractivity contribution in [1.29, 1.82) is 0 Å².